The summed E-state index contributed by atoms with van der Waals surface area (Å²) < 4.78 is 33.1. The van der Waals surface area contributed by atoms with Crippen LogP contribution in [0.2, 0.25) is 0 Å². The topological polar surface area (TPSA) is 127 Å². The maximum atomic E-state index is 12.7. The summed E-state index contributed by atoms with van der Waals surface area (Å²) in [5.74, 6) is -2.45. The molecule has 10 heteroatoms. The first-order valence-corrected chi connectivity index (χ1v) is 11.3. The summed E-state index contributed by atoms with van der Waals surface area (Å²) in [5.41, 5.74) is -0.770. The van der Waals surface area contributed by atoms with E-state index in [-0.39, 0.29) is 37.9 Å². The first kappa shape index (κ1) is 25.7. The van der Waals surface area contributed by atoms with Crippen LogP contribution in [0.1, 0.15) is 54.4 Å². The van der Waals surface area contributed by atoms with E-state index in [4.69, 9.17) is 28.4 Å². The molecule has 0 aromatic heterocycles. The van der Waals surface area contributed by atoms with Crippen molar-refractivity contribution in [2.24, 2.45) is 11.8 Å². The highest BCUT2D eigenvalue weighted by molar-refractivity contribution is 5.73. The van der Waals surface area contributed by atoms with Crippen molar-refractivity contribution in [2.75, 3.05) is 13.2 Å². The monoisotopic (exact) mass is 480 g/mol. The molecule has 1 saturated heterocycles. The molecule has 0 aromatic rings. The van der Waals surface area contributed by atoms with Crippen molar-refractivity contribution >= 4 is 23.9 Å². The van der Waals surface area contributed by atoms with Crippen LogP contribution in [0.4, 0.5) is 0 Å². The Balaban J connectivity index is 1.81. The summed E-state index contributed by atoms with van der Waals surface area (Å²) in [4.78, 5) is 47.7. The Labute approximate surface area is 198 Å². The average molecular weight is 481 g/mol. The fraction of sp³-hybridized carbons (Fsp3) is 0.667. The Bertz CT molecular complexity index is 909. The van der Waals surface area contributed by atoms with E-state index in [9.17, 15) is 19.2 Å². The molecule has 0 bridgehead atoms. The summed E-state index contributed by atoms with van der Waals surface area (Å²) in [6.45, 7) is 9.81. The Hall–Kier alpha value is -2.88. The molecule has 34 heavy (non-hydrogen) atoms. The average Bonchev–Trinajstić information content (AvgIpc) is 3.39. The van der Waals surface area contributed by atoms with Crippen molar-refractivity contribution in [3.8, 4) is 0 Å². The predicted octanol–water partition coefficient (Wildman–Crippen LogP) is 2.35. The minimum atomic E-state index is -1.07. The molecule has 188 valence electrons. The van der Waals surface area contributed by atoms with Gasteiger partial charge in [0.15, 0.2) is 6.10 Å². The fourth-order valence-electron chi connectivity index (χ4n) is 4.25. The molecular weight excluding hydrogens is 448 g/mol. The number of hydrogen-bond acceptors (Lipinski definition) is 10. The van der Waals surface area contributed by atoms with Gasteiger partial charge in [0.2, 0.25) is 0 Å². The maximum Gasteiger partial charge on any atom is 0.312 e. The number of ether oxygens (including phenoxy) is 6. The molecule has 1 fully saturated rings. The Morgan fingerprint density at radius 2 is 1.79 bits per heavy atom. The van der Waals surface area contributed by atoms with Gasteiger partial charge in [-0.1, -0.05) is 13.8 Å². The molecule has 0 saturated carbocycles. The number of rotatable bonds is 9. The first-order valence-electron chi connectivity index (χ1n) is 11.3. The third kappa shape index (κ3) is 5.97. The van der Waals surface area contributed by atoms with Gasteiger partial charge < -0.3 is 28.4 Å². The molecule has 0 unspecified atom stereocenters. The smallest absolute Gasteiger partial charge is 0.312 e. The zero-order valence-corrected chi connectivity index (χ0v) is 20.4. The van der Waals surface area contributed by atoms with E-state index in [1.165, 1.54) is 20.1 Å². The Morgan fingerprint density at radius 1 is 1.12 bits per heavy atom. The van der Waals surface area contributed by atoms with E-state index in [0.717, 1.165) is 0 Å². The van der Waals surface area contributed by atoms with E-state index >= 15 is 0 Å². The molecule has 2 heterocycles. The van der Waals surface area contributed by atoms with Crippen LogP contribution in [0.5, 0.6) is 0 Å². The number of carbonyl (C=O) groups excluding carboxylic acids is 4. The van der Waals surface area contributed by atoms with Gasteiger partial charge in [-0.15, -0.1) is 0 Å². The minimum Gasteiger partial charge on any atom is -0.461 e. The van der Waals surface area contributed by atoms with Crippen LogP contribution in [-0.4, -0.2) is 60.7 Å². The summed E-state index contributed by atoms with van der Waals surface area (Å²) in [6, 6.07) is 0. The van der Waals surface area contributed by atoms with E-state index in [2.05, 4.69) is 0 Å². The van der Waals surface area contributed by atoms with Crippen LogP contribution >= 0.6 is 0 Å². The lowest BCUT2D eigenvalue weighted by Crippen LogP contribution is -2.45. The predicted molar refractivity (Wildman–Crippen MR) is 116 cm³/mol. The normalized spacial score (nSPS) is 27.2. The molecule has 0 radical (unpaired) electrons. The lowest BCUT2D eigenvalue weighted by atomic mass is 9.85. The summed E-state index contributed by atoms with van der Waals surface area (Å²) in [5, 5.41) is 0. The number of esters is 4. The quantitative estimate of drug-likeness (QED) is 0.276. The lowest BCUT2D eigenvalue weighted by Gasteiger charge is -2.34. The van der Waals surface area contributed by atoms with E-state index < -0.39 is 47.4 Å². The van der Waals surface area contributed by atoms with Crippen LogP contribution in [0, 0.1) is 11.8 Å². The van der Waals surface area contributed by atoms with Crippen molar-refractivity contribution in [3.63, 3.8) is 0 Å². The van der Waals surface area contributed by atoms with E-state index in [0.29, 0.717) is 11.1 Å². The van der Waals surface area contributed by atoms with E-state index in [1.54, 1.807) is 19.9 Å². The second kappa shape index (κ2) is 9.77. The second-order valence-corrected chi connectivity index (χ2v) is 9.80. The molecule has 0 amide bonds. The summed E-state index contributed by atoms with van der Waals surface area (Å²) in [6.07, 6.45) is 1.40. The maximum absolute atomic E-state index is 12.7. The van der Waals surface area contributed by atoms with Crippen molar-refractivity contribution in [1.29, 1.82) is 0 Å². The lowest BCUT2D eigenvalue weighted by molar-refractivity contribution is -0.190. The third-order valence-corrected chi connectivity index (χ3v) is 5.64. The molecule has 10 nitrogen and oxygen atoms in total. The fourth-order valence-corrected chi connectivity index (χ4v) is 4.25. The molecular formula is C24H32O10. The van der Waals surface area contributed by atoms with Crippen molar-refractivity contribution in [2.45, 2.75) is 78.0 Å². The second-order valence-electron chi connectivity index (χ2n) is 9.80. The first-order chi connectivity index (χ1) is 15.8. The molecule has 3 rings (SSSR count). The molecule has 1 aliphatic carbocycles. The molecule has 3 aliphatic rings. The molecule has 0 aromatic carbocycles. The Kier molecular flexibility index (Phi) is 7.40. The zero-order valence-electron chi connectivity index (χ0n) is 20.4. The van der Waals surface area contributed by atoms with Gasteiger partial charge in [0, 0.05) is 25.8 Å². The van der Waals surface area contributed by atoms with Crippen LogP contribution in [0.3, 0.4) is 0 Å². The Morgan fingerprint density at radius 3 is 2.35 bits per heavy atom. The number of epoxide rings is 1. The molecule has 0 N–H and O–H groups in total. The summed E-state index contributed by atoms with van der Waals surface area (Å²) in [7, 11) is 0. The zero-order chi connectivity index (χ0) is 25.3. The van der Waals surface area contributed by atoms with Crippen LogP contribution in [-0.2, 0) is 47.6 Å². The number of hydrogen-bond donors (Lipinski definition) is 0. The standard InChI is InChI=1S/C24H32O10/c1-13(2)7-19(27)32-18-8-17-16(10-29-14(3)25)11-30-22(21(17)24(18)12-31-24)33-20(28)9-23(5,6)34-15(4)26/h8,11,13,18,21-22H,7,9-10,12H2,1-6H3/t18-,21-,22+,24+/m0/s1. The van der Waals surface area contributed by atoms with E-state index in [1.807, 2.05) is 13.8 Å². The van der Waals surface area contributed by atoms with Crippen LogP contribution in [0.15, 0.2) is 23.5 Å². The molecule has 2 aliphatic heterocycles. The van der Waals surface area contributed by atoms with Gasteiger partial charge in [0.1, 0.15) is 17.8 Å². The molecule has 1 spiro atoms. The van der Waals surface area contributed by atoms with Gasteiger partial charge in [-0.2, -0.15) is 0 Å². The highest BCUT2D eigenvalue weighted by Gasteiger charge is 2.68. The van der Waals surface area contributed by atoms with Gasteiger partial charge in [-0.05, 0) is 31.4 Å². The van der Waals surface area contributed by atoms with Gasteiger partial charge in [0.05, 0.1) is 25.2 Å². The number of fused-ring (bicyclic) bond motifs is 2. The summed E-state index contributed by atoms with van der Waals surface area (Å²) >= 11 is 0. The van der Waals surface area contributed by atoms with Gasteiger partial charge >= 0.3 is 23.9 Å². The largest absolute Gasteiger partial charge is 0.461 e. The number of carbonyl (C=O) groups is 4. The third-order valence-electron chi connectivity index (χ3n) is 5.64. The SMILES string of the molecule is CC(=O)OCC1=CO[C@H](OC(=O)CC(C)(C)OC(C)=O)[C@@H]2C1=C[C@H](OC(=O)CC(C)C)[C@]21CO1. The van der Waals surface area contributed by atoms with Crippen molar-refractivity contribution in [1.82, 2.24) is 0 Å². The highest BCUT2D eigenvalue weighted by Crippen LogP contribution is 2.54. The van der Waals surface area contributed by atoms with Crippen molar-refractivity contribution in [3.05, 3.63) is 23.5 Å². The highest BCUT2D eigenvalue weighted by atomic mass is 16.7. The van der Waals surface area contributed by atoms with Crippen LogP contribution < -0.4 is 0 Å². The van der Waals surface area contributed by atoms with Crippen molar-refractivity contribution < 1.29 is 47.6 Å². The van der Waals surface area contributed by atoms with Crippen LogP contribution in [0.25, 0.3) is 0 Å². The van der Waals surface area contributed by atoms with Gasteiger partial charge in [-0.3, -0.25) is 19.2 Å². The van der Waals surface area contributed by atoms with Gasteiger partial charge in [0.25, 0.3) is 6.29 Å². The van der Waals surface area contributed by atoms with Gasteiger partial charge in [-0.25, -0.2) is 0 Å². The molecule has 4 atom stereocenters. The minimum absolute atomic E-state index is 0.0550.